The van der Waals surface area contributed by atoms with Crippen molar-refractivity contribution in [3.8, 4) is 5.75 Å². The molecule has 1 aliphatic heterocycles. The molecule has 0 aromatic heterocycles. The van der Waals surface area contributed by atoms with E-state index in [1.807, 2.05) is 18.2 Å². The largest absolute Gasteiger partial charge is 0.482 e. The first kappa shape index (κ1) is 21.4. The van der Waals surface area contributed by atoms with Crippen LogP contribution in [0.4, 0.5) is 5.69 Å². The summed E-state index contributed by atoms with van der Waals surface area (Å²) in [5.74, 6) is -0.415. The minimum atomic E-state index is -0.871. The van der Waals surface area contributed by atoms with Crippen LogP contribution in [0.3, 0.4) is 0 Å². The Kier molecular flexibility index (Phi) is 7.06. The average molecular weight is 410 g/mol. The molecule has 1 aliphatic rings. The first-order valence-corrected chi connectivity index (χ1v) is 9.96. The molecule has 2 aromatic rings. The normalized spacial score (nSPS) is 14.7. The van der Waals surface area contributed by atoms with E-state index in [2.05, 4.69) is 17.0 Å². The van der Waals surface area contributed by atoms with Crippen LogP contribution in [0.5, 0.6) is 5.75 Å². The fraction of sp³-hybridized carbons (Fsp3) is 0.348. The lowest BCUT2D eigenvalue weighted by molar-refractivity contribution is -0.160. The number of nitrogens with zero attached hydrogens (tertiary/aromatic N) is 2. The zero-order valence-electron chi connectivity index (χ0n) is 17.2. The van der Waals surface area contributed by atoms with E-state index in [1.54, 1.807) is 36.1 Å². The molecule has 1 saturated heterocycles. The zero-order chi connectivity index (χ0) is 21.5. The van der Waals surface area contributed by atoms with Gasteiger partial charge in [-0.2, -0.15) is 0 Å². The Morgan fingerprint density at radius 2 is 1.57 bits per heavy atom. The molecule has 1 heterocycles. The number of ketones is 1. The molecule has 0 N–H and O–H groups in total. The summed E-state index contributed by atoms with van der Waals surface area (Å²) in [6.07, 6.45) is -0.871. The molecule has 0 unspecified atom stereocenters. The van der Waals surface area contributed by atoms with Gasteiger partial charge in [0.1, 0.15) is 5.75 Å². The van der Waals surface area contributed by atoms with Gasteiger partial charge in [-0.05, 0) is 50.2 Å². The van der Waals surface area contributed by atoms with Gasteiger partial charge >= 0.3 is 5.97 Å². The molecule has 7 heteroatoms. The molecule has 0 spiro atoms. The second kappa shape index (κ2) is 9.91. The maximum absolute atomic E-state index is 12.6. The highest BCUT2D eigenvalue weighted by Crippen LogP contribution is 2.16. The van der Waals surface area contributed by atoms with Crippen molar-refractivity contribution in [3.05, 3.63) is 60.2 Å². The number of carbonyl (C=O) groups is 3. The number of hydrogen-bond acceptors (Lipinski definition) is 6. The highest BCUT2D eigenvalue weighted by molar-refractivity contribution is 5.94. The lowest BCUT2D eigenvalue weighted by atomic mass is 10.1. The van der Waals surface area contributed by atoms with Gasteiger partial charge < -0.3 is 19.3 Å². The standard InChI is InChI=1S/C23H26N2O5/c1-17(26)19-8-10-21(11-9-19)29-16-22(27)30-18(2)23(28)25-14-12-24(13-15-25)20-6-4-3-5-7-20/h3-11,18H,12-16H2,1-2H3/t18-/m1/s1. The molecule has 0 radical (unpaired) electrons. The first-order valence-electron chi connectivity index (χ1n) is 9.96. The summed E-state index contributed by atoms with van der Waals surface area (Å²) in [6.45, 7) is 5.37. The predicted octanol–water partition coefficient (Wildman–Crippen LogP) is 2.55. The molecule has 7 nitrogen and oxygen atoms in total. The monoisotopic (exact) mass is 410 g/mol. The van der Waals surface area contributed by atoms with Crippen LogP contribution >= 0.6 is 0 Å². The number of esters is 1. The van der Waals surface area contributed by atoms with Crippen LogP contribution in [0.2, 0.25) is 0 Å². The van der Waals surface area contributed by atoms with Crippen LogP contribution in [0.15, 0.2) is 54.6 Å². The van der Waals surface area contributed by atoms with Gasteiger partial charge in [0.25, 0.3) is 5.91 Å². The van der Waals surface area contributed by atoms with Crippen molar-refractivity contribution in [2.75, 3.05) is 37.7 Å². The Hall–Kier alpha value is -3.35. The number of para-hydroxylation sites is 1. The van der Waals surface area contributed by atoms with Gasteiger partial charge in [0.05, 0.1) is 0 Å². The Morgan fingerprint density at radius 3 is 2.17 bits per heavy atom. The number of piperazine rings is 1. The van der Waals surface area contributed by atoms with E-state index < -0.39 is 12.1 Å². The molecular weight excluding hydrogens is 384 g/mol. The summed E-state index contributed by atoms with van der Waals surface area (Å²) in [4.78, 5) is 39.9. The highest BCUT2D eigenvalue weighted by Gasteiger charge is 2.27. The van der Waals surface area contributed by atoms with E-state index in [4.69, 9.17) is 9.47 Å². The number of anilines is 1. The van der Waals surface area contributed by atoms with E-state index in [0.717, 1.165) is 18.8 Å². The second-order valence-electron chi connectivity index (χ2n) is 7.15. The molecule has 0 aliphatic carbocycles. The molecule has 3 rings (SSSR count). The maximum atomic E-state index is 12.6. The van der Waals surface area contributed by atoms with Crippen LogP contribution in [-0.2, 0) is 14.3 Å². The summed E-state index contributed by atoms with van der Waals surface area (Å²) < 4.78 is 10.6. The Labute approximate surface area is 176 Å². The van der Waals surface area contributed by atoms with E-state index in [0.29, 0.717) is 24.4 Å². The molecule has 1 atom stereocenters. The smallest absolute Gasteiger partial charge is 0.344 e. The Morgan fingerprint density at radius 1 is 0.933 bits per heavy atom. The Balaban J connectivity index is 1.42. The third kappa shape index (κ3) is 5.59. The number of Topliss-reactive ketones (excluding diaryl/α,β-unsaturated/α-hetero) is 1. The van der Waals surface area contributed by atoms with Gasteiger partial charge in [0, 0.05) is 37.4 Å². The van der Waals surface area contributed by atoms with Crippen LogP contribution in [0, 0.1) is 0 Å². The van der Waals surface area contributed by atoms with E-state index in [-0.39, 0.29) is 18.3 Å². The van der Waals surface area contributed by atoms with Gasteiger partial charge in [0.15, 0.2) is 18.5 Å². The third-order valence-electron chi connectivity index (χ3n) is 4.99. The van der Waals surface area contributed by atoms with Gasteiger partial charge in [-0.25, -0.2) is 4.79 Å². The lowest BCUT2D eigenvalue weighted by Gasteiger charge is -2.37. The fourth-order valence-electron chi connectivity index (χ4n) is 3.29. The van der Waals surface area contributed by atoms with Gasteiger partial charge in [-0.3, -0.25) is 9.59 Å². The summed E-state index contributed by atoms with van der Waals surface area (Å²) in [6, 6.07) is 16.6. The van der Waals surface area contributed by atoms with Crippen molar-refractivity contribution in [3.63, 3.8) is 0 Å². The van der Waals surface area contributed by atoms with Crippen molar-refractivity contribution in [2.45, 2.75) is 20.0 Å². The molecule has 0 bridgehead atoms. The Bertz CT molecular complexity index is 874. The van der Waals surface area contributed by atoms with Gasteiger partial charge in [-0.15, -0.1) is 0 Å². The van der Waals surface area contributed by atoms with Crippen molar-refractivity contribution in [2.24, 2.45) is 0 Å². The van der Waals surface area contributed by atoms with E-state index >= 15 is 0 Å². The molecule has 0 saturated carbocycles. The van der Waals surface area contributed by atoms with Crippen molar-refractivity contribution >= 4 is 23.3 Å². The number of hydrogen-bond donors (Lipinski definition) is 0. The predicted molar refractivity (Wildman–Crippen MR) is 113 cm³/mol. The molecule has 2 aromatic carbocycles. The lowest BCUT2D eigenvalue weighted by Crippen LogP contribution is -2.51. The van der Waals surface area contributed by atoms with E-state index in [9.17, 15) is 14.4 Å². The summed E-state index contributed by atoms with van der Waals surface area (Å²) in [5, 5.41) is 0. The van der Waals surface area contributed by atoms with Crippen molar-refractivity contribution in [1.29, 1.82) is 0 Å². The van der Waals surface area contributed by atoms with Crippen LogP contribution in [-0.4, -0.2) is 61.4 Å². The number of carbonyl (C=O) groups excluding carboxylic acids is 3. The SMILES string of the molecule is CC(=O)c1ccc(OCC(=O)O[C@H](C)C(=O)N2CCN(c3ccccc3)CC2)cc1. The minimum Gasteiger partial charge on any atom is -0.482 e. The quantitative estimate of drug-likeness (QED) is 0.516. The molecular formula is C23H26N2O5. The number of benzene rings is 2. The number of rotatable bonds is 7. The summed E-state index contributed by atoms with van der Waals surface area (Å²) >= 11 is 0. The first-order chi connectivity index (χ1) is 14.4. The van der Waals surface area contributed by atoms with Crippen molar-refractivity contribution in [1.82, 2.24) is 4.90 Å². The van der Waals surface area contributed by atoms with Gasteiger partial charge in [-0.1, -0.05) is 18.2 Å². The topological polar surface area (TPSA) is 76.2 Å². The number of ether oxygens (including phenoxy) is 2. The molecule has 158 valence electrons. The summed E-state index contributed by atoms with van der Waals surface area (Å²) in [7, 11) is 0. The third-order valence-corrected chi connectivity index (χ3v) is 4.99. The molecule has 1 amide bonds. The second-order valence-corrected chi connectivity index (χ2v) is 7.15. The molecule has 1 fully saturated rings. The maximum Gasteiger partial charge on any atom is 0.344 e. The van der Waals surface area contributed by atoms with Gasteiger partial charge in [0.2, 0.25) is 0 Å². The molecule has 30 heavy (non-hydrogen) atoms. The minimum absolute atomic E-state index is 0.0436. The van der Waals surface area contributed by atoms with Crippen LogP contribution in [0.1, 0.15) is 24.2 Å². The average Bonchev–Trinajstić information content (AvgIpc) is 2.78. The van der Waals surface area contributed by atoms with E-state index in [1.165, 1.54) is 6.92 Å². The fourth-order valence-corrected chi connectivity index (χ4v) is 3.29. The van der Waals surface area contributed by atoms with Crippen LogP contribution < -0.4 is 9.64 Å². The van der Waals surface area contributed by atoms with Crippen molar-refractivity contribution < 1.29 is 23.9 Å². The zero-order valence-corrected chi connectivity index (χ0v) is 17.2. The summed E-state index contributed by atoms with van der Waals surface area (Å²) in [5.41, 5.74) is 1.70. The highest BCUT2D eigenvalue weighted by atomic mass is 16.6. The number of amides is 1. The van der Waals surface area contributed by atoms with Crippen LogP contribution in [0.25, 0.3) is 0 Å².